The van der Waals surface area contributed by atoms with Gasteiger partial charge in [0.1, 0.15) is 5.82 Å². The van der Waals surface area contributed by atoms with Gasteiger partial charge in [0, 0.05) is 32.1 Å². The minimum atomic E-state index is -0.374. The molecule has 0 spiro atoms. The Balaban J connectivity index is 1.74. The Bertz CT molecular complexity index is 836. The number of primary amides is 1. The fourth-order valence-electron chi connectivity index (χ4n) is 4.21. The van der Waals surface area contributed by atoms with Gasteiger partial charge in [-0.3, -0.25) is 14.5 Å². The monoisotopic (exact) mass is 425 g/mol. The first-order chi connectivity index (χ1) is 15.0. The lowest BCUT2D eigenvalue weighted by Crippen LogP contribution is -2.46. The number of carbonyl (C=O) groups excluding carboxylic acids is 2. The van der Waals surface area contributed by atoms with Crippen LogP contribution in [0.3, 0.4) is 0 Å². The standard InChI is InChI=1S/C25H32FN3O2/c26-22-13-11-21(12-14-22)18-29(23-9-5-2-6-10-23)25(31)19-28(16-15-24(27)30)17-20-7-3-1-4-8-20/h1,3-4,7-8,11-14,23H,2,5-6,9-10,15-19H2,(H2,27,30). The maximum absolute atomic E-state index is 13.5. The fraction of sp³-hybridized carbons (Fsp3) is 0.440. The maximum Gasteiger partial charge on any atom is 0.237 e. The zero-order chi connectivity index (χ0) is 22.1. The van der Waals surface area contributed by atoms with Crippen molar-refractivity contribution in [1.82, 2.24) is 9.80 Å². The highest BCUT2D eigenvalue weighted by molar-refractivity contribution is 5.79. The van der Waals surface area contributed by atoms with E-state index >= 15 is 0 Å². The molecular formula is C25H32FN3O2. The van der Waals surface area contributed by atoms with Gasteiger partial charge in [-0.15, -0.1) is 0 Å². The number of amides is 2. The highest BCUT2D eigenvalue weighted by Gasteiger charge is 2.27. The van der Waals surface area contributed by atoms with Gasteiger partial charge >= 0.3 is 0 Å². The predicted molar refractivity (Wildman–Crippen MR) is 119 cm³/mol. The largest absolute Gasteiger partial charge is 0.370 e. The highest BCUT2D eigenvalue weighted by atomic mass is 19.1. The van der Waals surface area contributed by atoms with E-state index in [0.29, 0.717) is 19.6 Å². The molecule has 0 radical (unpaired) electrons. The van der Waals surface area contributed by atoms with E-state index < -0.39 is 0 Å². The van der Waals surface area contributed by atoms with Crippen molar-refractivity contribution >= 4 is 11.8 Å². The lowest BCUT2D eigenvalue weighted by atomic mass is 9.93. The lowest BCUT2D eigenvalue weighted by Gasteiger charge is -2.36. The summed E-state index contributed by atoms with van der Waals surface area (Å²) >= 11 is 0. The minimum absolute atomic E-state index is 0.0385. The van der Waals surface area contributed by atoms with E-state index in [1.165, 1.54) is 18.6 Å². The smallest absolute Gasteiger partial charge is 0.237 e. The van der Waals surface area contributed by atoms with E-state index in [1.807, 2.05) is 40.1 Å². The van der Waals surface area contributed by atoms with Crippen molar-refractivity contribution in [2.75, 3.05) is 13.1 Å². The SMILES string of the molecule is NC(=O)CCN(CC(=O)N(Cc1ccc(F)cc1)C1CCCCC1)Cc1ccccc1. The molecule has 3 rings (SSSR count). The van der Waals surface area contributed by atoms with Crippen molar-refractivity contribution < 1.29 is 14.0 Å². The van der Waals surface area contributed by atoms with Gasteiger partial charge in [-0.1, -0.05) is 61.7 Å². The topological polar surface area (TPSA) is 66.6 Å². The van der Waals surface area contributed by atoms with E-state index in [0.717, 1.165) is 36.8 Å². The average Bonchev–Trinajstić information content (AvgIpc) is 2.78. The molecule has 2 aromatic rings. The number of rotatable bonds is 10. The number of hydrogen-bond donors (Lipinski definition) is 1. The second-order valence-corrected chi connectivity index (χ2v) is 8.35. The zero-order valence-corrected chi connectivity index (χ0v) is 18.0. The highest BCUT2D eigenvalue weighted by Crippen LogP contribution is 2.25. The van der Waals surface area contributed by atoms with E-state index in [9.17, 15) is 14.0 Å². The van der Waals surface area contributed by atoms with E-state index in [1.54, 1.807) is 12.1 Å². The van der Waals surface area contributed by atoms with Crippen molar-refractivity contribution in [1.29, 1.82) is 0 Å². The minimum Gasteiger partial charge on any atom is -0.370 e. The molecule has 0 aromatic heterocycles. The van der Waals surface area contributed by atoms with Crippen molar-refractivity contribution in [2.45, 2.75) is 57.7 Å². The Morgan fingerprint density at radius 3 is 2.19 bits per heavy atom. The second-order valence-electron chi connectivity index (χ2n) is 8.35. The van der Waals surface area contributed by atoms with Crippen molar-refractivity contribution in [3.63, 3.8) is 0 Å². The Labute approximate surface area is 184 Å². The summed E-state index contributed by atoms with van der Waals surface area (Å²) in [6.45, 7) is 1.71. The fourth-order valence-corrected chi connectivity index (χ4v) is 4.21. The Morgan fingerprint density at radius 1 is 0.903 bits per heavy atom. The molecule has 2 aromatic carbocycles. The summed E-state index contributed by atoms with van der Waals surface area (Å²) in [5.74, 6) is -0.614. The van der Waals surface area contributed by atoms with Crippen molar-refractivity contribution in [3.05, 3.63) is 71.5 Å². The van der Waals surface area contributed by atoms with Gasteiger partial charge in [-0.05, 0) is 36.1 Å². The van der Waals surface area contributed by atoms with Gasteiger partial charge in [-0.2, -0.15) is 0 Å². The van der Waals surface area contributed by atoms with Crippen LogP contribution in [0.1, 0.15) is 49.7 Å². The van der Waals surface area contributed by atoms with Gasteiger partial charge in [0.05, 0.1) is 6.54 Å². The number of halogens is 1. The first kappa shape index (κ1) is 22.9. The molecular weight excluding hydrogens is 393 g/mol. The Hall–Kier alpha value is -2.73. The first-order valence-corrected chi connectivity index (χ1v) is 11.1. The molecule has 5 nitrogen and oxygen atoms in total. The number of benzene rings is 2. The zero-order valence-electron chi connectivity index (χ0n) is 18.0. The molecule has 0 saturated heterocycles. The van der Waals surface area contributed by atoms with Crippen LogP contribution in [0.2, 0.25) is 0 Å². The van der Waals surface area contributed by atoms with E-state index in [-0.39, 0.29) is 36.6 Å². The van der Waals surface area contributed by atoms with Crippen LogP contribution in [0, 0.1) is 5.82 Å². The summed E-state index contributed by atoms with van der Waals surface area (Å²) in [7, 11) is 0. The lowest BCUT2D eigenvalue weighted by molar-refractivity contribution is -0.136. The third kappa shape index (κ3) is 7.47. The molecule has 0 atom stereocenters. The van der Waals surface area contributed by atoms with Crippen LogP contribution >= 0.6 is 0 Å². The van der Waals surface area contributed by atoms with Crippen LogP contribution < -0.4 is 5.73 Å². The summed E-state index contributed by atoms with van der Waals surface area (Å²) in [6.07, 6.45) is 5.63. The molecule has 2 N–H and O–H groups in total. The number of carbonyl (C=O) groups is 2. The van der Waals surface area contributed by atoms with Crippen LogP contribution in [-0.2, 0) is 22.7 Å². The van der Waals surface area contributed by atoms with Crippen LogP contribution in [-0.4, -0.2) is 40.7 Å². The van der Waals surface area contributed by atoms with E-state index in [2.05, 4.69) is 0 Å². The summed E-state index contributed by atoms with van der Waals surface area (Å²) in [5, 5.41) is 0. The van der Waals surface area contributed by atoms with Crippen molar-refractivity contribution in [2.24, 2.45) is 5.73 Å². The molecule has 0 aliphatic heterocycles. The summed E-state index contributed by atoms with van der Waals surface area (Å²) < 4.78 is 13.3. The van der Waals surface area contributed by atoms with Gasteiger partial charge in [0.2, 0.25) is 11.8 Å². The summed E-state index contributed by atoms with van der Waals surface area (Å²) in [6, 6.07) is 16.5. The molecule has 1 aliphatic carbocycles. The average molecular weight is 426 g/mol. The first-order valence-electron chi connectivity index (χ1n) is 11.1. The Morgan fingerprint density at radius 2 is 1.55 bits per heavy atom. The maximum atomic E-state index is 13.5. The number of nitrogens with zero attached hydrogens (tertiary/aromatic N) is 2. The summed E-state index contributed by atoms with van der Waals surface area (Å²) in [4.78, 5) is 28.8. The normalized spacial score (nSPS) is 14.5. The van der Waals surface area contributed by atoms with Crippen LogP contribution in [0.4, 0.5) is 4.39 Å². The van der Waals surface area contributed by atoms with Crippen molar-refractivity contribution in [3.8, 4) is 0 Å². The summed E-state index contributed by atoms with van der Waals surface area (Å²) in [5.41, 5.74) is 7.37. The van der Waals surface area contributed by atoms with Crippen LogP contribution in [0.5, 0.6) is 0 Å². The Kier molecular flexibility index (Phi) is 8.59. The number of hydrogen-bond acceptors (Lipinski definition) is 3. The number of nitrogens with two attached hydrogens (primary N) is 1. The molecule has 6 heteroatoms. The molecule has 0 heterocycles. The van der Waals surface area contributed by atoms with Gasteiger partial charge in [-0.25, -0.2) is 4.39 Å². The molecule has 2 amide bonds. The molecule has 0 unspecified atom stereocenters. The predicted octanol–water partition coefficient (Wildman–Crippen LogP) is 3.86. The molecule has 1 aliphatic rings. The molecule has 1 fully saturated rings. The molecule has 0 bridgehead atoms. The van der Waals surface area contributed by atoms with E-state index in [4.69, 9.17) is 5.73 Å². The van der Waals surface area contributed by atoms with Gasteiger partial charge < -0.3 is 10.6 Å². The van der Waals surface area contributed by atoms with Gasteiger partial charge in [0.25, 0.3) is 0 Å². The second kappa shape index (κ2) is 11.6. The van der Waals surface area contributed by atoms with Crippen LogP contribution in [0.15, 0.2) is 54.6 Å². The van der Waals surface area contributed by atoms with Crippen LogP contribution in [0.25, 0.3) is 0 Å². The third-order valence-corrected chi connectivity index (χ3v) is 5.88. The van der Waals surface area contributed by atoms with Gasteiger partial charge in [0.15, 0.2) is 0 Å². The third-order valence-electron chi connectivity index (χ3n) is 5.88. The molecule has 166 valence electrons. The molecule has 1 saturated carbocycles. The quantitative estimate of drug-likeness (QED) is 0.629. The molecule has 31 heavy (non-hydrogen) atoms.